The van der Waals surface area contributed by atoms with E-state index >= 15 is 0 Å². The average Bonchev–Trinajstić information content (AvgIpc) is 2.44. The Morgan fingerprint density at radius 2 is 1.08 bits per heavy atom. The summed E-state index contributed by atoms with van der Waals surface area (Å²) >= 11 is 0. The van der Waals surface area contributed by atoms with Crippen LogP contribution in [0.5, 0.6) is 0 Å². The van der Waals surface area contributed by atoms with Gasteiger partial charge >= 0.3 is 23.9 Å². The third-order valence-corrected chi connectivity index (χ3v) is 3.51. The van der Waals surface area contributed by atoms with Crippen molar-refractivity contribution in [2.24, 2.45) is 0 Å². The average molecular weight is 373 g/mol. The molecule has 0 radical (unpaired) electrons. The largest absolute Gasteiger partial charge is 0.458 e. The van der Waals surface area contributed by atoms with Crippen molar-refractivity contribution in [3.8, 4) is 0 Å². The van der Waals surface area contributed by atoms with Gasteiger partial charge in [0.1, 0.15) is 6.10 Å². The van der Waals surface area contributed by atoms with Crippen molar-refractivity contribution in [2.75, 3.05) is 0 Å². The summed E-state index contributed by atoms with van der Waals surface area (Å²) in [7, 11) is 0. The molecule has 1 rings (SSSR count). The van der Waals surface area contributed by atoms with Crippen molar-refractivity contribution in [3.05, 3.63) is 0 Å². The zero-order valence-electron chi connectivity index (χ0n) is 15.3. The van der Waals surface area contributed by atoms with Gasteiger partial charge in [0.25, 0.3) is 0 Å². The minimum Gasteiger partial charge on any atom is -0.458 e. The van der Waals surface area contributed by atoms with E-state index in [1.807, 2.05) is 0 Å². The Morgan fingerprint density at radius 1 is 0.654 bits per heavy atom. The molecule has 0 saturated heterocycles. The third kappa shape index (κ3) is 6.34. The van der Waals surface area contributed by atoms with Gasteiger partial charge in [-0.25, -0.2) is 0 Å². The SMILES string of the molecule is CC(=O)N[C@@H]1C[C@@H](OC(C)=O)[C@@H](OC(C)=O)[C@H](OC(C)=O)[C@H]1OC(C)=O. The molecule has 10 heteroatoms. The Kier molecular flexibility index (Phi) is 7.54. The number of amides is 1. The molecular weight excluding hydrogens is 350 g/mol. The van der Waals surface area contributed by atoms with Crippen LogP contribution in [0.25, 0.3) is 0 Å². The Hall–Kier alpha value is -2.65. The maximum absolute atomic E-state index is 11.5. The standard InChI is InChI=1S/C16H23NO9/c1-7(18)17-12-6-13(23-8(2)19)15(25-10(4)21)16(26-11(5)22)14(12)24-9(3)20/h12-16H,6H2,1-5H3,(H,17,18)/t12-,13-,14+,15-,16-/m1/s1. The van der Waals surface area contributed by atoms with Crippen molar-refractivity contribution in [1.82, 2.24) is 5.32 Å². The predicted octanol–water partition coefficient (Wildman–Crippen LogP) is -0.378. The molecule has 0 aromatic rings. The van der Waals surface area contributed by atoms with E-state index in [-0.39, 0.29) is 6.42 Å². The van der Waals surface area contributed by atoms with Crippen LogP contribution in [0.2, 0.25) is 0 Å². The molecular formula is C16H23NO9. The van der Waals surface area contributed by atoms with E-state index in [2.05, 4.69) is 5.32 Å². The summed E-state index contributed by atoms with van der Waals surface area (Å²) in [5.74, 6) is -3.20. The van der Waals surface area contributed by atoms with Crippen molar-refractivity contribution >= 4 is 29.8 Å². The Balaban J connectivity index is 3.32. The van der Waals surface area contributed by atoms with Crippen molar-refractivity contribution < 1.29 is 42.9 Å². The first-order chi connectivity index (χ1) is 12.0. The highest BCUT2D eigenvalue weighted by Crippen LogP contribution is 2.30. The van der Waals surface area contributed by atoms with E-state index < -0.39 is 60.2 Å². The monoisotopic (exact) mass is 373 g/mol. The normalized spacial score (nSPS) is 27.7. The highest BCUT2D eigenvalue weighted by Gasteiger charge is 2.52. The zero-order valence-corrected chi connectivity index (χ0v) is 15.3. The molecule has 0 aliphatic heterocycles. The highest BCUT2D eigenvalue weighted by atomic mass is 16.6. The first kappa shape index (κ1) is 21.4. The first-order valence-electron chi connectivity index (χ1n) is 7.97. The number of hydrogen-bond acceptors (Lipinski definition) is 9. The smallest absolute Gasteiger partial charge is 0.303 e. The summed E-state index contributed by atoms with van der Waals surface area (Å²) in [5.41, 5.74) is 0. The second-order valence-electron chi connectivity index (χ2n) is 5.91. The fourth-order valence-corrected chi connectivity index (χ4v) is 2.88. The summed E-state index contributed by atoms with van der Waals surface area (Å²) in [5, 5.41) is 2.58. The molecule has 10 nitrogen and oxygen atoms in total. The minimum atomic E-state index is -1.27. The van der Waals surface area contributed by atoms with Gasteiger partial charge in [-0.15, -0.1) is 0 Å². The molecule has 0 aromatic heterocycles. The van der Waals surface area contributed by atoms with Crippen LogP contribution in [0.15, 0.2) is 0 Å². The van der Waals surface area contributed by atoms with Crippen molar-refractivity contribution in [1.29, 1.82) is 0 Å². The van der Waals surface area contributed by atoms with Crippen LogP contribution in [0.3, 0.4) is 0 Å². The number of hydrogen-bond donors (Lipinski definition) is 1. The van der Waals surface area contributed by atoms with E-state index in [0.29, 0.717) is 0 Å². The lowest BCUT2D eigenvalue weighted by atomic mass is 9.84. The molecule has 0 aromatic carbocycles. The van der Waals surface area contributed by atoms with Gasteiger partial charge in [-0.1, -0.05) is 0 Å². The molecule has 0 unspecified atom stereocenters. The second-order valence-corrected chi connectivity index (χ2v) is 5.91. The molecule has 0 spiro atoms. The number of nitrogens with one attached hydrogen (secondary N) is 1. The predicted molar refractivity (Wildman–Crippen MR) is 84.4 cm³/mol. The number of carbonyl (C=O) groups excluding carboxylic acids is 5. The fraction of sp³-hybridized carbons (Fsp3) is 0.688. The van der Waals surface area contributed by atoms with Gasteiger partial charge in [0.2, 0.25) is 5.91 Å². The van der Waals surface area contributed by atoms with E-state index in [1.54, 1.807) is 0 Å². The van der Waals surface area contributed by atoms with Crippen LogP contribution in [0.1, 0.15) is 41.0 Å². The first-order valence-corrected chi connectivity index (χ1v) is 7.97. The highest BCUT2D eigenvalue weighted by molar-refractivity contribution is 5.74. The molecule has 0 bridgehead atoms. The summed E-state index contributed by atoms with van der Waals surface area (Å²) in [6.07, 6.45) is -4.61. The van der Waals surface area contributed by atoms with E-state index in [4.69, 9.17) is 18.9 Å². The van der Waals surface area contributed by atoms with Gasteiger partial charge in [-0.2, -0.15) is 0 Å². The summed E-state index contributed by atoms with van der Waals surface area (Å²) in [6.45, 7) is 5.82. The second kappa shape index (κ2) is 9.16. The van der Waals surface area contributed by atoms with E-state index in [0.717, 1.165) is 27.7 Å². The number of esters is 4. The van der Waals surface area contributed by atoms with Crippen LogP contribution in [-0.4, -0.2) is 60.2 Å². The van der Waals surface area contributed by atoms with Gasteiger partial charge in [0, 0.05) is 41.0 Å². The minimum absolute atomic E-state index is 0.00712. The quantitative estimate of drug-likeness (QED) is 0.505. The van der Waals surface area contributed by atoms with E-state index in [1.165, 1.54) is 6.92 Å². The van der Waals surface area contributed by atoms with Crippen LogP contribution < -0.4 is 5.32 Å². The van der Waals surface area contributed by atoms with Gasteiger partial charge in [0.05, 0.1) is 6.04 Å². The maximum atomic E-state index is 11.5. The summed E-state index contributed by atoms with van der Waals surface area (Å²) in [6, 6.07) is -0.822. The number of rotatable bonds is 5. The molecule has 5 atom stereocenters. The topological polar surface area (TPSA) is 134 Å². The Labute approximate surface area is 150 Å². The zero-order chi connectivity index (χ0) is 20.0. The molecule has 1 N–H and O–H groups in total. The van der Waals surface area contributed by atoms with Gasteiger partial charge in [0.15, 0.2) is 18.3 Å². The number of ether oxygens (including phenoxy) is 4. The molecule has 1 saturated carbocycles. The van der Waals surface area contributed by atoms with Crippen LogP contribution in [-0.2, 0) is 42.9 Å². The fourth-order valence-electron chi connectivity index (χ4n) is 2.88. The molecule has 1 aliphatic rings. The summed E-state index contributed by atoms with van der Waals surface area (Å²) < 4.78 is 20.8. The molecule has 1 fully saturated rings. The van der Waals surface area contributed by atoms with Crippen LogP contribution in [0, 0.1) is 0 Å². The van der Waals surface area contributed by atoms with Crippen LogP contribution in [0.4, 0.5) is 0 Å². The van der Waals surface area contributed by atoms with Crippen LogP contribution >= 0.6 is 0 Å². The van der Waals surface area contributed by atoms with Gasteiger partial charge < -0.3 is 24.3 Å². The third-order valence-electron chi connectivity index (χ3n) is 3.51. The van der Waals surface area contributed by atoms with Crippen molar-refractivity contribution in [2.45, 2.75) is 71.5 Å². The molecule has 26 heavy (non-hydrogen) atoms. The molecule has 1 aliphatic carbocycles. The lowest BCUT2D eigenvalue weighted by Crippen LogP contribution is -2.64. The Bertz CT molecular complexity index is 546. The summed E-state index contributed by atoms with van der Waals surface area (Å²) in [4.78, 5) is 57.4. The van der Waals surface area contributed by atoms with Gasteiger partial charge in [-0.05, 0) is 0 Å². The molecule has 146 valence electrons. The molecule has 1 amide bonds. The van der Waals surface area contributed by atoms with Gasteiger partial charge in [-0.3, -0.25) is 24.0 Å². The van der Waals surface area contributed by atoms with E-state index in [9.17, 15) is 24.0 Å². The number of carbonyl (C=O) groups is 5. The molecule has 0 heterocycles. The Morgan fingerprint density at radius 3 is 1.50 bits per heavy atom. The lowest BCUT2D eigenvalue weighted by Gasteiger charge is -2.44. The lowest BCUT2D eigenvalue weighted by molar-refractivity contribution is -0.213. The van der Waals surface area contributed by atoms with Crippen molar-refractivity contribution in [3.63, 3.8) is 0 Å². The maximum Gasteiger partial charge on any atom is 0.303 e.